The summed E-state index contributed by atoms with van der Waals surface area (Å²) in [6, 6.07) is 1.33. The van der Waals surface area contributed by atoms with Crippen LogP contribution < -0.4 is 5.32 Å². The van der Waals surface area contributed by atoms with Gasteiger partial charge in [0.15, 0.2) is 0 Å². The quantitative estimate of drug-likeness (QED) is 0.770. The Morgan fingerprint density at radius 3 is 2.42 bits per heavy atom. The lowest BCUT2D eigenvalue weighted by molar-refractivity contribution is 0.0405. The number of ether oxygens (including phenoxy) is 1. The monoisotopic (exact) mass is 270 g/mol. The highest BCUT2D eigenvalue weighted by Crippen LogP contribution is 2.23. The third kappa shape index (κ3) is 6.24. The zero-order valence-corrected chi connectivity index (χ0v) is 13.7. The first-order valence-corrected chi connectivity index (χ1v) is 7.96. The molecule has 0 bridgehead atoms. The Morgan fingerprint density at radius 2 is 1.89 bits per heavy atom. The zero-order chi connectivity index (χ0) is 14.3. The van der Waals surface area contributed by atoms with E-state index in [1.165, 1.54) is 32.2 Å². The summed E-state index contributed by atoms with van der Waals surface area (Å²) in [5.74, 6) is 0. The number of hydrogen-bond donors (Lipinski definition) is 1. The fourth-order valence-electron chi connectivity index (χ4n) is 2.80. The van der Waals surface area contributed by atoms with Crippen molar-refractivity contribution in [3.05, 3.63) is 0 Å². The first-order chi connectivity index (χ1) is 8.95. The second kappa shape index (κ2) is 8.23. The minimum absolute atomic E-state index is 0.339. The van der Waals surface area contributed by atoms with Crippen LogP contribution in [0, 0.1) is 5.41 Å². The molecule has 3 heteroatoms. The third-order valence-corrected chi connectivity index (χ3v) is 4.27. The molecule has 0 saturated carbocycles. The van der Waals surface area contributed by atoms with Gasteiger partial charge in [-0.15, -0.1) is 0 Å². The Labute approximate surface area is 120 Å². The van der Waals surface area contributed by atoms with Crippen molar-refractivity contribution in [2.45, 2.75) is 65.5 Å². The molecule has 0 aliphatic carbocycles. The van der Waals surface area contributed by atoms with E-state index in [4.69, 9.17) is 4.74 Å². The maximum Gasteiger partial charge on any atom is 0.0480 e. The van der Waals surface area contributed by atoms with Crippen LogP contribution in [0.25, 0.3) is 0 Å². The predicted octanol–water partition coefficient (Wildman–Crippen LogP) is 2.90. The molecule has 0 spiro atoms. The molecule has 19 heavy (non-hydrogen) atoms. The number of hydrogen-bond acceptors (Lipinski definition) is 3. The average molecular weight is 270 g/mol. The lowest BCUT2D eigenvalue weighted by Crippen LogP contribution is -2.44. The van der Waals surface area contributed by atoms with Crippen LogP contribution in [0.5, 0.6) is 0 Å². The smallest absolute Gasteiger partial charge is 0.0480 e. The Balaban J connectivity index is 2.37. The van der Waals surface area contributed by atoms with E-state index < -0.39 is 0 Å². The summed E-state index contributed by atoms with van der Waals surface area (Å²) in [6.45, 7) is 13.4. The fourth-order valence-corrected chi connectivity index (χ4v) is 2.80. The van der Waals surface area contributed by atoms with Crippen molar-refractivity contribution >= 4 is 0 Å². The van der Waals surface area contributed by atoms with Crippen LogP contribution in [0.2, 0.25) is 0 Å². The summed E-state index contributed by atoms with van der Waals surface area (Å²) in [6.07, 6.45) is 4.83. The van der Waals surface area contributed by atoms with Crippen molar-refractivity contribution in [1.82, 2.24) is 10.2 Å². The summed E-state index contributed by atoms with van der Waals surface area (Å²) in [7, 11) is 2.27. The molecule has 1 aliphatic rings. The number of rotatable bonds is 7. The van der Waals surface area contributed by atoms with Gasteiger partial charge in [-0.2, -0.15) is 0 Å². The Bertz CT molecular complexity index is 231. The van der Waals surface area contributed by atoms with E-state index in [-0.39, 0.29) is 0 Å². The van der Waals surface area contributed by atoms with Gasteiger partial charge in [0.1, 0.15) is 0 Å². The van der Waals surface area contributed by atoms with Gasteiger partial charge in [-0.1, -0.05) is 27.7 Å². The highest BCUT2D eigenvalue weighted by molar-refractivity contribution is 4.82. The minimum atomic E-state index is 0.339. The van der Waals surface area contributed by atoms with Crippen LogP contribution in [-0.4, -0.2) is 50.3 Å². The minimum Gasteiger partial charge on any atom is -0.381 e. The molecule has 0 amide bonds. The standard InChI is InChI=1S/C16H34N2O/c1-6-10-17-15(16(2,3)4)7-11-18(5)14-8-12-19-13-9-14/h14-15,17H,6-13H2,1-5H3. The topological polar surface area (TPSA) is 24.5 Å². The maximum absolute atomic E-state index is 5.44. The van der Waals surface area contributed by atoms with E-state index in [0.717, 1.165) is 25.8 Å². The van der Waals surface area contributed by atoms with Crippen LogP contribution in [-0.2, 0) is 4.74 Å². The summed E-state index contributed by atoms with van der Waals surface area (Å²) in [5, 5.41) is 3.72. The van der Waals surface area contributed by atoms with Gasteiger partial charge >= 0.3 is 0 Å². The van der Waals surface area contributed by atoms with E-state index in [0.29, 0.717) is 11.5 Å². The van der Waals surface area contributed by atoms with Crippen molar-refractivity contribution in [3.63, 3.8) is 0 Å². The van der Waals surface area contributed by atoms with Crippen LogP contribution in [0.1, 0.15) is 53.4 Å². The number of nitrogens with one attached hydrogen (secondary N) is 1. The summed E-state index contributed by atoms with van der Waals surface area (Å²) >= 11 is 0. The molecule has 0 aromatic heterocycles. The molecule has 0 aromatic carbocycles. The second-order valence-electron chi connectivity index (χ2n) is 6.99. The van der Waals surface area contributed by atoms with Gasteiger partial charge in [0.2, 0.25) is 0 Å². The van der Waals surface area contributed by atoms with Gasteiger partial charge in [-0.3, -0.25) is 0 Å². The largest absolute Gasteiger partial charge is 0.381 e. The van der Waals surface area contributed by atoms with Crippen molar-refractivity contribution in [1.29, 1.82) is 0 Å². The molecule has 0 radical (unpaired) electrons. The zero-order valence-electron chi connectivity index (χ0n) is 13.7. The Morgan fingerprint density at radius 1 is 1.26 bits per heavy atom. The Kier molecular flexibility index (Phi) is 7.33. The fraction of sp³-hybridized carbons (Fsp3) is 1.00. The van der Waals surface area contributed by atoms with Crippen LogP contribution in [0.4, 0.5) is 0 Å². The summed E-state index contributed by atoms with van der Waals surface area (Å²) in [4.78, 5) is 2.54. The van der Waals surface area contributed by atoms with E-state index in [9.17, 15) is 0 Å². The number of nitrogens with zero attached hydrogens (tertiary/aromatic N) is 1. The molecule has 0 aromatic rings. The molecule has 1 aliphatic heterocycles. The molecular formula is C16H34N2O. The van der Waals surface area contributed by atoms with Gasteiger partial charge in [0.05, 0.1) is 0 Å². The lowest BCUT2D eigenvalue weighted by atomic mass is 9.84. The maximum atomic E-state index is 5.44. The van der Waals surface area contributed by atoms with Crippen LogP contribution >= 0.6 is 0 Å². The molecule has 1 heterocycles. The normalized spacial score (nSPS) is 19.9. The van der Waals surface area contributed by atoms with Gasteiger partial charge < -0.3 is 15.0 Å². The molecule has 1 rings (SSSR count). The molecule has 1 unspecified atom stereocenters. The summed E-state index contributed by atoms with van der Waals surface area (Å²) in [5.41, 5.74) is 0.339. The van der Waals surface area contributed by atoms with Crippen molar-refractivity contribution in [3.8, 4) is 0 Å². The molecular weight excluding hydrogens is 236 g/mol. The average Bonchev–Trinajstić information content (AvgIpc) is 2.38. The first kappa shape index (κ1) is 16.9. The van der Waals surface area contributed by atoms with E-state index >= 15 is 0 Å². The SMILES string of the molecule is CCCNC(CCN(C)C1CCOCC1)C(C)(C)C. The van der Waals surface area contributed by atoms with Crippen molar-refractivity contribution in [2.75, 3.05) is 33.4 Å². The molecule has 114 valence electrons. The van der Waals surface area contributed by atoms with Gasteiger partial charge in [0, 0.05) is 25.3 Å². The van der Waals surface area contributed by atoms with Crippen molar-refractivity contribution in [2.24, 2.45) is 5.41 Å². The summed E-state index contributed by atoms with van der Waals surface area (Å²) < 4.78 is 5.44. The molecule has 1 fully saturated rings. The third-order valence-electron chi connectivity index (χ3n) is 4.27. The molecule has 1 saturated heterocycles. The van der Waals surface area contributed by atoms with Gasteiger partial charge in [-0.25, -0.2) is 0 Å². The van der Waals surface area contributed by atoms with Gasteiger partial charge in [0.25, 0.3) is 0 Å². The second-order valence-corrected chi connectivity index (χ2v) is 6.99. The highest BCUT2D eigenvalue weighted by Gasteiger charge is 2.25. The highest BCUT2D eigenvalue weighted by atomic mass is 16.5. The molecule has 3 nitrogen and oxygen atoms in total. The van der Waals surface area contributed by atoms with Gasteiger partial charge in [-0.05, 0) is 51.2 Å². The lowest BCUT2D eigenvalue weighted by Gasteiger charge is -2.36. The van der Waals surface area contributed by atoms with E-state index in [1.807, 2.05) is 0 Å². The van der Waals surface area contributed by atoms with Crippen LogP contribution in [0.15, 0.2) is 0 Å². The van der Waals surface area contributed by atoms with Crippen molar-refractivity contribution < 1.29 is 4.74 Å². The van der Waals surface area contributed by atoms with E-state index in [1.54, 1.807) is 0 Å². The van der Waals surface area contributed by atoms with E-state index in [2.05, 4.69) is 45.0 Å². The predicted molar refractivity (Wildman–Crippen MR) is 82.6 cm³/mol. The van der Waals surface area contributed by atoms with Crippen LogP contribution in [0.3, 0.4) is 0 Å². The molecule has 1 N–H and O–H groups in total. The first-order valence-electron chi connectivity index (χ1n) is 7.96. The Hall–Kier alpha value is -0.120. The molecule has 1 atom stereocenters.